The van der Waals surface area contributed by atoms with E-state index in [1.54, 1.807) is 12.1 Å². The van der Waals surface area contributed by atoms with Crippen LogP contribution in [0.3, 0.4) is 0 Å². The maximum Gasteiger partial charge on any atom is 0.123 e. The van der Waals surface area contributed by atoms with Gasteiger partial charge in [-0.25, -0.2) is 8.78 Å². The van der Waals surface area contributed by atoms with Crippen molar-refractivity contribution in [3.8, 4) is 0 Å². The zero-order chi connectivity index (χ0) is 9.68. The fraction of sp³-hybridized carbons (Fsp3) is 0.182. The third kappa shape index (κ3) is 3.36. The van der Waals surface area contributed by atoms with Gasteiger partial charge in [0.2, 0.25) is 0 Å². The van der Waals surface area contributed by atoms with E-state index in [1.165, 1.54) is 12.1 Å². The second kappa shape index (κ2) is 4.75. The minimum atomic E-state index is -0.250. The Hall–Kier alpha value is -1.18. The Labute approximate surface area is 76.9 Å². The van der Waals surface area contributed by atoms with Crippen molar-refractivity contribution < 1.29 is 8.78 Å². The third-order valence-electron chi connectivity index (χ3n) is 1.80. The van der Waals surface area contributed by atoms with Crippen molar-refractivity contribution in [2.24, 2.45) is 0 Å². The summed E-state index contributed by atoms with van der Waals surface area (Å²) in [5.74, 6) is -0.250. The summed E-state index contributed by atoms with van der Waals surface area (Å²) in [4.78, 5) is 0. The number of allylic oxidation sites excluding steroid dienone is 1. The lowest BCUT2D eigenvalue weighted by molar-refractivity contribution is 0.627. The first-order valence-corrected chi connectivity index (χ1v) is 4.08. The molecule has 1 radical (unpaired) electrons. The van der Waals surface area contributed by atoms with E-state index in [2.05, 4.69) is 6.92 Å². The predicted octanol–water partition coefficient (Wildman–Crippen LogP) is 3.45. The van der Waals surface area contributed by atoms with Gasteiger partial charge in [0.15, 0.2) is 0 Å². The molecule has 1 aromatic carbocycles. The number of halogens is 2. The van der Waals surface area contributed by atoms with Crippen molar-refractivity contribution in [1.29, 1.82) is 0 Å². The molecule has 1 rings (SSSR count). The van der Waals surface area contributed by atoms with Crippen molar-refractivity contribution in [1.82, 2.24) is 0 Å². The van der Waals surface area contributed by atoms with Crippen LogP contribution in [0.5, 0.6) is 0 Å². The average Bonchev–Trinajstić information content (AvgIpc) is 2.16. The van der Waals surface area contributed by atoms with E-state index in [9.17, 15) is 8.78 Å². The minimum Gasteiger partial charge on any atom is -0.216 e. The van der Waals surface area contributed by atoms with Gasteiger partial charge in [-0.15, -0.1) is 0 Å². The van der Waals surface area contributed by atoms with Crippen LogP contribution in [-0.4, -0.2) is 0 Å². The molecule has 2 heteroatoms. The Morgan fingerprint density at radius 2 is 1.92 bits per heavy atom. The Bertz CT molecular complexity index is 285. The van der Waals surface area contributed by atoms with Gasteiger partial charge in [0.1, 0.15) is 5.82 Å². The van der Waals surface area contributed by atoms with Crippen molar-refractivity contribution in [2.75, 3.05) is 0 Å². The van der Waals surface area contributed by atoms with E-state index in [0.717, 1.165) is 5.56 Å². The fourth-order valence-electron chi connectivity index (χ4n) is 1.01. The van der Waals surface area contributed by atoms with Gasteiger partial charge in [-0.05, 0) is 43.0 Å². The summed E-state index contributed by atoms with van der Waals surface area (Å²) in [6, 6.07) is 6.19. The minimum absolute atomic E-state index is 0.250. The van der Waals surface area contributed by atoms with Crippen LogP contribution in [0, 0.1) is 12.7 Å². The van der Waals surface area contributed by atoms with Crippen molar-refractivity contribution in [3.05, 3.63) is 54.5 Å². The number of hydrogen-bond donors (Lipinski definition) is 0. The first-order chi connectivity index (χ1) is 6.22. The number of hydrogen-bond acceptors (Lipinski definition) is 0. The Morgan fingerprint density at radius 3 is 2.46 bits per heavy atom. The molecule has 69 valence electrons. The number of benzene rings is 1. The molecule has 13 heavy (non-hydrogen) atoms. The average molecular weight is 181 g/mol. The number of rotatable bonds is 3. The highest BCUT2D eigenvalue weighted by Crippen LogP contribution is 2.09. The van der Waals surface area contributed by atoms with Gasteiger partial charge in [0.25, 0.3) is 0 Å². The van der Waals surface area contributed by atoms with Gasteiger partial charge in [-0.2, -0.15) is 0 Å². The zero-order valence-corrected chi connectivity index (χ0v) is 7.26. The monoisotopic (exact) mass is 181 g/mol. The summed E-state index contributed by atoms with van der Waals surface area (Å²) in [5.41, 5.74) is 1.45. The second-order valence-electron chi connectivity index (χ2n) is 2.89. The molecule has 0 spiro atoms. The number of aryl methyl sites for hydroxylation is 1. The molecular formula is C11H11F2. The van der Waals surface area contributed by atoms with E-state index >= 15 is 0 Å². The van der Waals surface area contributed by atoms with Crippen LogP contribution in [-0.2, 0) is 6.42 Å². The van der Waals surface area contributed by atoms with Gasteiger partial charge >= 0.3 is 0 Å². The summed E-state index contributed by atoms with van der Waals surface area (Å²) < 4.78 is 24.3. The summed E-state index contributed by atoms with van der Waals surface area (Å²) in [5, 5.41) is 0. The van der Waals surface area contributed by atoms with Crippen LogP contribution in [0.15, 0.2) is 36.2 Å². The highest BCUT2D eigenvalue weighted by atomic mass is 19.1. The third-order valence-corrected chi connectivity index (χ3v) is 1.80. The molecule has 0 fully saturated rings. The molecule has 0 saturated carbocycles. The molecule has 0 aromatic heterocycles. The quantitative estimate of drug-likeness (QED) is 0.670. The van der Waals surface area contributed by atoms with E-state index in [-0.39, 0.29) is 5.82 Å². The predicted molar refractivity (Wildman–Crippen MR) is 49.3 cm³/mol. The van der Waals surface area contributed by atoms with Crippen molar-refractivity contribution >= 4 is 0 Å². The summed E-state index contributed by atoms with van der Waals surface area (Å²) in [6.45, 7) is 3.50. The molecule has 0 unspecified atom stereocenters. The van der Waals surface area contributed by atoms with Crippen LogP contribution < -0.4 is 0 Å². The lowest BCUT2D eigenvalue weighted by atomic mass is 10.1. The first-order valence-electron chi connectivity index (χ1n) is 4.08. The second-order valence-corrected chi connectivity index (χ2v) is 2.89. The van der Waals surface area contributed by atoms with Crippen LogP contribution in [0.2, 0.25) is 0 Å². The highest BCUT2D eigenvalue weighted by molar-refractivity contribution is 5.17. The van der Waals surface area contributed by atoms with E-state index in [1.807, 2.05) is 0 Å². The molecule has 1 aromatic rings. The molecule has 0 heterocycles. The summed E-state index contributed by atoms with van der Waals surface area (Å²) in [6.07, 6.45) is 1.77. The lowest BCUT2D eigenvalue weighted by Crippen LogP contribution is -1.86. The van der Waals surface area contributed by atoms with E-state index in [4.69, 9.17) is 0 Å². The highest BCUT2D eigenvalue weighted by Gasteiger charge is 1.95. The van der Waals surface area contributed by atoms with Crippen molar-refractivity contribution in [2.45, 2.75) is 12.8 Å². The van der Waals surface area contributed by atoms with Gasteiger partial charge in [0.05, 0.1) is 6.33 Å². The first kappa shape index (κ1) is 9.90. The molecule has 0 N–H and O–H groups in total. The SMILES string of the molecule is [CH2]/C(=C\F)CCc1ccc(F)cc1. The smallest absolute Gasteiger partial charge is 0.123 e. The molecule has 0 atom stereocenters. The fourth-order valence-corrected chi connectivity index (χ4v) is 1.01. The maximum absolute atomic E-state index is 12.5. The maximum atomic E-state index is 12.5. The van der Waals surface area contributed by atoms with Gasteiger partial charge in [-0.3, -0.25) is 0 Å². The van der Waals surface area contributed by atoms with Gasteiger partial charge < -0.3 is 0 Å². The summed E-state index contributed by atoms with van der Waals surface area (Å²) >= 11 is 0. The standard InChI is InChI=1S/C11H11F2/c1-9(8-12)2-3-10-4-6-11(13)7-5-10/h4-8H,1-3H2/b9-8+. The van der Waals surface area contributed by atoms with Crippen LogP contribution in [0.25, 0.3) is 0 Å². The molecule has 0 aliphatic heterocycles. The zero-order valence-electron chi connectivity index (χ0n) is 7.26. The van der Waals surface area contributed by atoms with Crippen LogP contribution >= 0.6 is 0 Å². The molecule has 0 nitrogen and oxygen atoms in total. The molecule has 0 bridgehead atoms. The molecular weight excluding hydrogens is 170 g/mol. The Balaban J connectivity index is 2.51. The Kier molecular flexibility index (Phi) is 3.62. The summed E-state index contributed by atoms with van der Waals surface area (Å²) in [7, 11) is 0. The molecule has 0 amide bonds. The van der Waals surface area contributed by atoms with Gasteiger partial charge in [0, 0.05) is 0 Å². The van der Waals surface area contributed by atoms with Crippen molar-refractivity contribution in [3.63, 3.8) is 0 Å². The largest absolute Gasteiger partial charge is 0.216 e. The Morgan fingerprint density at radius 1 is 1.31 bits per heavy atom. The van der Waals surface area contributed by atoms with Crippen LogP contribution in [0.1, 0.15) is 12.0 Å². The molecule has 0 aliphatic rings. The van der Waals surface area contributed by atoms with Crippen LogP contribution in [0.4, 0.5) is 8.78 Å². The molecule has 0 saturated heterocycles. The molecule has 0 aliphatic carbocycles. The van der Waals surface area contributed by atoms with Gasteiger partial charge in [-0.1, -0.05) is 12.1 Å². The topological polar surface area (TPSA) is 0 Å². The lowest BCUT2D eigenvalue weighted by Gasteiger charge is -2.00. The van der Waals surface area contributed by atoms with E-state index < -0.39 is 0 Å². The van der Waals surface area contributed by atoms with E-state index in [0.29, 0.717) is 24.7 Å². The normalized spacial score (nSPS) is 11.8.